The first-order chi connectivity index (χ1) is 10.9. The molecule has 7 nitrogen and oxygen atoms in total. The highest BCUT2D eigenvalue weighted by Crippen LogP contribution is 2.18. The summed E-state index contributed by atoms with van der Waals surface area (Å²) in [5.41, 5.74) is 0.987. The molecule has 0 spiro atoms. The fraction of sp³-hybridized carbons (Fsp3) is 0.0714. The van der Waals surface area contributed by atoms with Crippen molar-refractivity contribution in [3.05, 3.63) is 60.9 Å². The quantitative estimate of drug-likeness (QED) is 0.537. The average Bonchev–Trinajstić information content (AvgIpc) is 3.20. The van der Waals surface area contributed by atoms with Gasteiger partial charge < -0.3 is 0 Å². The third-order valence-corrected chi connectivity index (χ3v) is 3.82. The van der Waals surface area contributed by atoms with Crippen molar-refractivity contribution < 1.29 is 0 Å². The second kappa shape index (κ2) is 5.57. The predicted octanol–water partition coefficient (Wildman–Crippen LogP) is 2.00. The van der Waals surface area contributed by atoms with Crippen molar-refractivity contribution in [1.29, 1.82) is 0 Å². The Labute approximate surface area is 130 Å². The molecule has 0 radical (unpaired) electrons. The zero-order chi connectivity index (χ0) is 14.8. The first kappa shape index (κ1) is 13.0. The van der Waals surface area contributed by atoms with Gasteiger partial charge in [0.05, 0.1) is 11.4 Å². The van der Waals surface area contributed by atoms with Gasteiger partial charge in [0.15, 0.2) is 5.82 Å². The number of benzene rings is 1. The SMILES string of the molecule is c1ccc(-n2cnc(CSc3nc4ncccn4n3)n2)cc1. The van der Waals surface area contributed by atoms with Crippen LogP contribution < -0.4 is 0 Å². The van der Waals surface area contributed by atoms with Gasteiger partial charge in [-0.25, -0.2) is 19.2 Å². The van der Waals surface area contributed by atoms with Crippen LogP contribution in [-0.4, -0.2) is 34.3 Å². The van der Waals surface area contributed by atoms with Crippen LogP contribution >= 0.6 is 11.8 Å². The maximum atomic E-state index is 4.46. The van der Waals surface area contributed by atoms with E-state index in [1.54, 1.807) is 21.7 Å². The van der Waals surface area contributed by atoms with Gasteiger partial charge >= 0.3 is 0 Å². The van der Waals surface area contributed by atoms with E-state index in [1.165, 1.54) is 11.8 Å². The highest BCUT2D eigenvalue weighted by molar-refractivity contribution is 7.98. The van der Waals surface area contributed by atoms with Crippen molar-refractivity contribution in [2.75, 3.05) is 0 Å². The van der Waals surface area contributed by atoms with Gasteiger partial charge in [-0.2, -0.15) is 10.1 Å². The van der Waals surface area contributed by atoms with Crippen molar-refractivity contribution in [1.82, 2.24) is 34.3 Å². The number of rotatable bonds is 4. The van der Waals surface area contributed by atoms with Crippen LogP contribution in [-0.2, 0) is 5.75 Å². The Hall–Kier alpha value is -2.74. The topological polar surface area (TPSA) is 73.8 Å². The molecule has 0 aliphatic carbocycles. The monoisotopic (exact) mass is 309 g/mol. The molecule has 4 aromatic rings. The Morgan fingerprint density at radius 1 is 1.00 bits per heavy atom. The van der Waals surface area contributed by atoms with E-state index >= 15 is 0 Å². The van der Waals surface area contributed by atoms with E-state index in [1.807, 2.05) is 42.6 Å². The molecule has 0 saturated heterocycles. The summed E-state index contributed by atoms with van der Waals surface area (Å²) in [4.78, 5) is 12.8. The van der Waals surface area contributed by atoms with Crippen LogP contribution in [0.2, 0.25) is 0 Å². The first-order valence-corrected chi connectivity index (χ1v) is 7.63. The zero-order valence-corrected chi connectivity index (χ0v) is 12.3. The molecule has 0 amide bonds. The molecule has 0 saturated carbocycles. The summed E-state index contributed by atoms with van der Waals surface area (Å²) in [6.45, 7) is 0. The smallest absolute Gasteiger partial charge is 0.221 e. The molecule has 0 unspecified atom stereocenters. The fourth-order valence-corrected chi connectivity index (χ4v) is 2.65. The number of thioether (sulfide) groups is 1. The molecule has 108 valence electrons. The first-order valence-electron chi connectivity index (χ1n) is 6.65. The average molecular weight is 309 g/mol. The molecule has 4 rings (SSSR count). The van der Waals surface area contributed by atoms with Crippen molar-refractivity contribution >= 4 is 17.5 Å². The molecule has 0 atom stereocenters. The van der Waals surface area contributed by atoms with E-state index in [0.717, 1.165) is 11.5 Å². The number of fused-ring (bicyclic) bond motifs is 1. The maximum absolute atomic E-state index is 4.46. The molecule has 0 aliphatic heterocycles. The third-order valence-electron chi connectivity index (χ3n) is 2.99. The van der Waals surface area contributed by atoms with Gasteiger partial charge in [-0.05, 0) is 18.2 Å². The standard InChI is InChI=1S/C14H11N7S/c1-2-5-11(6-3-1)21-10-16-12(18-21)9-22-14-17-13-15-7-4-8-20(13)19-14/h1-8,10H,9H2. The van der Waals surface area contributed by atoms with Crippen LogP contribution in [0, 0.1) is 0 Å². The van der Waals surface area contributed by atoms with E-state index < -0.39 is 0 Å². The summed E-state index contributed by atoms with van der Waals surface area (Å²) in [5.74, 6) is 1.94. The molecule has 1 aromatic carbocycles. The molecule has 8 heteroatoms. The largest absolute Gasteiger partial charge is 0.253 e. The summed E-state index contributed by atoms with van der Waals surface area (Å²) in [5, 5.41) is 9.45. The third kappa shape index (κ3) is 2.56. The van der Waals surface area contributed by atoms with Crippen LogP contribution in [0.4, 0.5) is 0 Å². The highest BCUT2D eigenvalue weighted by Gasteiger charge is 2.08. The minimum absolute atomic E-state index is 0.591. The lowest BCUT2D eigenvalue weighted by molar-refractivity contribution is 0.856. The number of aromatic nitrogens is 7. The van der Waals surface area contributed by atoms with Crippen molar-refractivity contribution in [3.8, 4) is 5.69 Å². The minimum atomic E-state index is 0.591. The number of hydrogen-bond donors (Lipinski definition) is 0. The summed E-state index contributed by atoms with van der Waals surface area (Å²) < 4.78 is 3.41. The van der Waals surface area contributed by atoms with Gasteiger partial charge in [0.25, 0.3) is 5.78 Å². The van der Waals surface area contributed by atoms with Crippen molar-refractivity contribution in [2.24, 2.45) is 0 Å². The van der Waals surface area contributed by atoms with E-state index in [2.05, 4.69) is 25.1 Å². The van der Waals surface area contributed by atoms with E-state index in [0.29, 0.717) is 16.7 Å². The lowest BCUT2D eigenvalue weighted by Gasteiger charge is -1.97. The van der Waals surface area contributed by atoms with Gasteiger partial charge in [0.2, 0.25) is 5.16 Å². The number of hydrogen-bond acceptors (Lipinski definition) is 6. The lowest BCUT2D eigenvalue weighted by Crippen LogP contribution is -1.95. The van der Waals surface area contributed by atoms with Gasteiger partial charge in [0.1, 0.15) is 6.33 Å². The molecule has 22 heavy (non-hydrogen) atoms. The van der Waals surface area contributed by atoms with Gasteiger partial charge in [-0.3, -0.25) is 0 Å². The minimum Gasteiger partial charge on any atom is -0.221 e. The molecule has 0 bridgehead atoms. The Bertz CT molecular complexity index is 867. The Morgan fingerprint density at radius 2 is 1.91 bits per heavy atom. The summed E-state index contributed by atoms with van der Waals surface area (Å²) in [7, 11) is 0. The van der Waals surface area contributed by atoms with Crippen LogP contribution in [0.1, 0.15) is 5.82 Å². The van der Waals surface area contributed by atoms with Crippen LogP contribution in [0.15, 0.2) is 60.3 Å². The number of nitrogens with zero attached hydrogens (tertiary/aromatic N) is 7. The normalized spacial score (nSPS) is 11.1. The zero-order valence-electron chi connectivity index (χ0n) is 11.4. The lowest BCUT2D eigenvalue weighted by atomic mass is 10.3. The van der Waals surface area contributed by atoms with E-state index in [-0.39, 0.29) is 0 Å². The van der Waals surface area contributed by atoms with Gasteiger partial charge in [0, 0.05) is 12.4 Å². The van der Waals surface area contributed by atoms with Gasteiger partial charge in [-0.1, -0.05) is 30.0 Å². The highest BCUT2D eigenvalue weighted by atomic mass is 32.2. The molecule has 3 heterocycles. The Kier molecular flexibility index (Phi) is 3.28. The molecule has 0 N–H and O–H groups in total. The van der Waals surface area contributed by atoms with E-state index in [4.69, 9.17) is 0 Å². The second-order valence-electron chi connectivity index (χ2n) is 4.49. The molecule has 0 aliphatic rings. The van der Waals surface area contributed by atoms with Crippen LogP contribution in [0.3, 0.4) is 0 Å². The summed E-state index contributed by atoms with van der Waals surface area (Å²) in [6.07, 6.45) is 5.23. The molecule has 0 fully saturated rings. The Morgan fingerprint density at radius 3 is 2.77 bits per heavy atom. The van der Waals surface area contributed by atoms with Crippen molar-refractivity contribution in [3.63, 3.8) is 0 Å². The second-order valence-corrected chi connectivity index (χ2v) is 5.43. The Balaban J connectivity index is 1.49. The van der Waals surface area contributed by atoms with Crippen LogP contribution in [0.5, 0.6) is 0 Å². The van der Waals surface area contributed by atoms with Gasteiger partial charge in [-0.15, -0.1) is 5.10 Å². The number of para-hydroxylation sites is 1. The van der Waals surface area contributed by atoms with E-state index in [9.17, 15) is 0 Å². The summed E-state index contributed by atoms with van der Waals surface area (Å²) in [6, 6.07) is 11.7. The van der Waals surface area contributed by atoms with Crippen LogP contribution in [0.25, 0.3) is 11.5 Å². The summed E-state index contributed by atoms with van der Waals surface area (Å²) >= 11 is 1.49. The molecular formula is C14H11N7S. The predicted molar refractivity (Wildman–Crippen MR) is 81.7 cm³/mol. The maximum Gasteiger partial charge on any atom is 0.253 e. The molecular weight excluding hydrogens is 298 g/mol. The van der Waals surface area contributed by atoms with Crippen molar-refractivity contribution in [2.45, 2.75) is 10.9 Å². The molecule has 3 aromatic heterocycles. The fourth-order valence-electron chi connectivity index (χ4n) is 1.97.